The molecule has 1 nitrogen and oxygen atoms in total. The topological polar surface area (TPSA) is 12.0 Å². The predicted molar refractivity (Wildman–Crippen MR) is 97.9 cm³/mol. The highest BCUT2D eigenvalue weighted by Crippen LogP contribution is 2.39. The van der Waals surface area contributed by atoms with Gasteiger partial charge in [0.05, 0.1) is 5.00 Å². The molecule has 0 aliphatic heterocycles. The molecule has 1 N–H and O–H groups in total. The summed E-state index contributed by atoms with van der Waals surface area (Å²) in [5, 5.41) is 7.41. The molecule has 1 heterocycles. The maximum absolute atomic E-state index is 3.73. The highest BCUT2D eigenvalue weighted by atomic mass is 32.1. The van der Waals surface area contributed by atoms with Gasteiger partial charge in [-0.15, -0.1) is 11.3 Å². The van der Waals surface area contributed by atoms with Crippen molar-refractivity contribution in [3.63, 3.8) is 0 Å². The monoisotopic (exact) mass is 313 g/mol. The van der Waals surface area contributed by atoms with Crippen LogP contribution in [0.4, 0.5) is 5.00 Å². The van der Waals surface area contributed by atoms with Crippen molar-refractivity contribution in [3.05, 3.63) is 52.9 Å². The van der Waals surface area contributed by atoms with E-state index in [-0.39, 0.29) is 0 Å². The van der Waals surface area contributed by atoms with Crippen molar-refractivity contribution in [1.82, 2.24) is 0 Å². The van der Waals surface area contributed by atoms with E-state index >= 15 is 0 Å². The van der Waals surface area contributed by atoms with E-state index in [2.05, 4.69) is 54.0 Å². The third-order valence-electron chi connectivity index (χ3n) is 4.78. The Balaban J connectivity index is 1.54. The van der Waals surface area contributed by atoms with Crippen LogP contribution in [0.1, 0.15) is 56.1 Å². The maximum Gasteiger partial charge on any atom is 0.0917 e. The molecule has 1 aromatic heterocycles. The fourth-order valence-electron chi connectivity index (χ4n) is 3.55. The van der Waals surface area contributed by atoms with Crippen molar-refractivity contribution in [2.24, 2.45) is 5.92 Å². The zero-order valence-corrected chi connectivity index (χ0v) is 14.4. The summed E-state index contributed by atoms with van der Waals surface area (Å²) >= 11 is 1.88. The van der Waals surface area contributed by atoms with Crippen molar-refractivity contribution in [3.8, 4) is 0 Å². The minimum Gasteiger partial charge on any atom is -0.376 e. The molecule has 0 saturated heterocycles. The Morgan fingerprint density at radius 3 is 2.64 bits per heavy atom. The number of rotatable bonds is 6. The van der Waals surface area contributed by atoms with Crippen LogP contribution in [-0.4, -0.2) is 6.54 Å². The molecule has 22 heavy (non-hydrogen) atoms. The summed E-state index contributed by atoms with van der Waals surface area (Å²) in [4.78, 5) is 0. The van der Waals surface area contributed by atoms with Crippen LogP contribution in [0.5, 0.6) is 0 Å². The number of thiophene rings is 1. The first-order valence-corrected chi connectivity index (χ1v) is 9.56. The standard InChI is InChI=1S/C20H27NS/c1-16(14-17-8-4-2-5-9-17)15-21-20-19(12-13-22-20)18-10-6-3-7-11-18/h2,4-5,8-9,12-13,16,18,21H,3,6-7,10-11,14-15H2,1H3. The quantitative estimate of drug-likeness (QED) is 0.680. The van der Waals surface area contributed by atoms with E-state index in [0.717, 1.165) is 18.9 Å². The van der Waals surface area contributed by atoms with Crippen molar-refractivity contribution in [1.29, 1.82) is 0 Å². The highest BCUT2D eigenvalue weighted by molar-refractivity contribution is 7.14. The third-order valence-corrected chi connectivity index (χ3v) is 5.67. The first-order chi connectivity index (χ1) is 10.8. The average Bonchev–Trinajstić information content (AvgIpc) is 3.03. The smallest absolute Gasteiger partial charge is 0.0917 e. The largest absolute Gasteiger partial charge is 0.376 e. The Bertz CT molecular complexity index is 554. The molecule has 1 aliphatic carbocycles. The van der Waals surface area contributed by atoms with Crippen LogP contribution < -0.4 is 5.32 Å². The Morgan fingerprint density at radius 2 is 1.86 bits per heavy atom. The van der Waals surface area contributed by atoms with Gasteiger partial charge in [-0.25, -0.2) is 0 Å². The van der Waals surface area contributed by atoms with Crippen molar-refractivity contribution in [2.75, 3.05) is 11.9 Å². The van der Waals surface area contributed by atoms with E-state index < -0.39 is 0 Å². The number of hydrogen-bond acceptors (Lipinski definition) is 2. The fraction of sp³-hybridized carbons (Fsp3) is 0.500. The van der Waals surface area contributed by atoms with Crippen molar-refractivity contribution >= 4 is 16.3 Å². The van der Waals surface area contributed by atoms with Gasteiger partial charge in [-0.2, -0.15) is 0 Å². The summed E-state index contributed by atoms with van der Waals surface area (Å²) in [7, 11) is 0. The molecule has 1 saturated carbocycles. The summed E-state index contributed by atoms with van der Waals surface area (Å²) in [6.45, 7) is 3.41. The van der Waals surface area contributed by atoms with Crippen LogP contribution in [0.2, 0.25) is 0 Å². The van der Waals surface area contributed by atoms with Gasteiger partial charge in [-0.05, 0) is 53.7 Å². The van der Waals surface area contributed by atoms with E-state index in [1.165, 1.54) is 42.7 Å². The lowest BCUT2D eigenvalue weighted by Crippen LogP contribution is -2.14. The van der Waals surface area contributed by atoms with Crippen LogP contribution in [0.3, 0.4) is 0 Å². The van der Waals surface area contributed by atoms with Crippen LogP contribution in [0.15, 0.2) is 41.8 Å². The third kappa shape index (κ3) is 4.13. The molecule has 1 unspecified atom stereocenters. The van der Waals surface area contributed by atoms with Gasteiger partial charge < -0.3 is 5.32 Å². The molecular formula is C20H27NS. The lowest BCUT2D eigenvalue weighted by Gasteiger charge is -2.23. The molecule has 1 aliphatic rings. The van der Waals surface area contributed by atoms with Crippen LogP contribution in [-0.2, 0) is 6.42 Å². The predicted octanol–water partition coefficient (Wildman–Crippen LogP) is 6.09. The fourth-order valence-corrected chi connectivity index (χ4v) is 4.44. The van der Waals surface area contributed by atoms with Crippen LogP contribution in [0.25, 0.3) is 0 Å². The molecule has 0 spiro atoms. The molecule has 1 atom stereocenters. The van der Waals surface area contributed by atoms with E-state index in [1.807, 2.05) is 11.3 Å². The zero-order chi connectivity index (χ0) is 15.2. The van der Waals surface area contributed by atoms with Gasteiger partial charge in [-0.3, -0.25) is 0 Å². The van der Waals surface area contributed by atoms with Gasteiger partial charge in [0.1, 0.15) is 0 Å². The van der Waals surface area contributed by atoms with E-state index in [0.29, 0.717) is 5.92 Å². The molecule has 1 fully saturated rings. The second kappa shape index (κ2) is 7.82. The molecule has 2 heteroatoms. The van der Waals surface area contributed by atoms with E-state index in [4.69, 9.17) is 0 Å². The SMILES string of the molecule is CC(CNc1sccc1C1CCCCC1)Cc1ccccc1. The maximum atomic E-state index is 3.73. The summed E-state index contributed by atoms with van der Waals surface area (Å²) in [6.07, 6.45) is 8.15. The molecule has 0 bridgehead atoms. The van der Waals surface area contributed by atoms with Crippen LogP contribution in [0, 0.1) is 5.92 Å². The number of hydrogen-bond donors (Lipinski definition) is 1. The van der Waals surface area contributed by atoms with E-state index in [1.54, 1.807) is 5.56 Å². The Labute approximate surface area is 138 Å². The molecule has 3 rings (SSSR count). The van der Waals surface area contributed by atoms with Crippen molar-refractivity contribution in [2.45, 2.75) is 51.4 Å². The summed E-state index contributed by atoms with van der Waals surface area (Å²) < 4.78 is 0. The highest BCUT2D eigenvalue weighted by Gasteiger charge is 2.19. The lowest BCUT2D eigenvalue weighted by molar-refractivity contribution is 0.445. The average molecular weight is 314 g/mol. The van der Waals surface area contributed by atoms with E-state index in [9.17, 15) is 0 Å². The summed E-state index contributed by atoms with van der Waals surface area (Å²) in [5.74, 6) is 1.45. The second-order valence-corrected chi connectivity index (χ2v) is 7.63. The van der Waals surface area contributed by atoms with Gasteiger partial charge >= 0.3 is 0 Å². The zero-order valence-electron chi connectivity index (χ0n) is 13.6. The molecule has 1 aromatic carbocycles. The van der Waals surface area contributed by atoms with Crippen molar-refractivity contribution < 1.29 is 0 Å². The number of anilines is 1. The first-order valence-electron chi connectivity index (χ1n) is 8.68. The molecule has 0 radical (unpaired) electrons. The molecule has 2 aromatic rings. The molecule has 118 valence electrons. The Morgan fingerprint density at radius 1 is 1.09 bits per heavy atom. The summed E-state index contributed by atoms with van der Waals surface area (Å²) in [6, 6.07) is 13.2. The van der Waals surface area contributed by atoms with Gasteiger partial charge in [-0.1, -0.05) is 56.5 Å². The first kappa shape index (κ1) is 15.6. The van der Waals surface area contributed by atoms with Gasteiger partial charge in [0.15, 0.2) is 0 Å². The molecular weight excluding hydrogens is 286 g/mol. The number of benzene rings is 1. The minimum atomic E-state index is 0.656. The minimum absolute atomic E-state index is 0.656. The number of nitrogens with one attached hydrogen (secondary N) is 1. The Kier molecular flexibility index (Phi) is 5.55. The van der Waals surface area contributed by atoms with Crippen LogP contribution >= 0.6 is 11.3 Å². The normalized spacial score (nSPS) is 17.3. The lowest BCUT2D eigenvalue weighted by atomic mass is 9.85. The summed E-state index contributed by atoms with van der Waals surface area (Å²) in [5.41, 5.74) is 3.02. The van der Waals surface area contributed by atoms with Gasteiger partial charge in [0.2, 0.25) is 0 Å². The Hall–Kier alpha value is -1.28. The second-order valence-electron chi connectivity index (χ2n) is 6.72. The van der Waals surface area contributed by atoms with Gasteiger partial charge in [0.25, 0.3) is 0 Å². The van der Waals surface area contributed by atoms with Gasteiger partial charge in [0, 0.05) is 6.54 Å². The molecule has 0 amide bonds.